The summed E-state index contributed by atoms with van der Waals surface area (Å²) in [5, 5.41) is 3.39. The molecule has 1 unspecified atom stereocenters. The molecule has 4 nitrogen and oxygen atoms in total. The molecule has 0 aliphatic carbocycles. The first-order chi connectivity index (χ1) is 9.47. The summed E-state index contributed by atoms with van der Waals surface area (Å²) in [5.41, 5.74) is 6.13. The summed E-state index contributed by atoms with van der Waals surface area (Å²) < 4.78 is 0. The lowest BCUT2D eigenvalue weighted by molar-refractivity contribution is -0.123. The van der Waals surface area contributed by atoms with E-state index in [0.717, 1.165) is 32.5 Å². The number of nitrogens with two attached hydrogens (primary N) is 1. The Labute approximate surface area is 121 Å². The molecule has 20 heavy (non-hydrogen) atoms. The predicted octanol–water partition coefficient (Wildman–Crippen LogP) is 1.50. The first-order valence-electron chi connectivity index (χ1n) is 7.31. The predicted molar refractivity (Wildman–Crippen MR) is 81.2 cm³/mol. The lowest BCUT2D eigenvalue weighted by Crippen LogP contribution is -2.58. The van der Waals surface area contributed by atoms with E-state index >= 15 is 0 Å². The topological polar surface area (TPSA) is 58.4 Å². The van der Waals surface area contributed by atoms with Gasteiger partial charge in [-0.15, -0.1) is 0 Å². The SMILES string of the molecule is CC(C)(NC1CCCN(Cc2ccccc2)C1)C(N)=O. The van der Waals surface area contributed by atoms with Gasteiger partial charge in [0, 0.05) is 19.1 Å². The smallest absolute Gasteiger partial charge is 0.237 e. The summed E-state index contributed by atoms with van der Waals surface area (Å²) in [6.45, 7) is 6.75. The maximum absolute atomic E-state index is 11.4. The highest BCUT2D eigenvalue weighted by Crippen LogP contribution is 2.16. The van der Waals surface area contributed by atoms with Crippen molar-refractivity contribution in [3.8, 4) is 0 Å². The zero-order valence-electron chi connectivity index (χ0n) is 12.4. The van der Waals surface area contributed by atoms with Crippen LogP contribution in [0.3, 0.4) is 0 Å². The van der Waals surface area contributed by atoms with Crippen molar-refractivity contribution in [3.05, 3.63) is 35.9 Å². The lowest BCUT2D eigenvalue weighted by Gasteiger charge is -2.37. The fraction of sp³-hybridized carbons (Fsp3) is 0.562. The standard InChI is InChI=1S/C16H25N3O/c1-16(2,15(17)20)18-14-9-6-10-19(12-14)11-13-7-4-3-5-8-13/h3-5,7-8,14,18H,6,9-12H2,1-2H3,(H2,17,20). The summed E-state index contributed by atoms with van der Waals surface area (Å²) in [5.74, 6) is -0.294. The second-order valence-corrected chi connectivity index (χ2v) is 6.19. The van der Waals surface area contributed by atoms with Gasteiger partial charge in [-0.2, -0.15) is 0 Å². The summed E-state index contributed by atoms with van der Waals surface area (Å²) in [6.07, 6.45) is 2.25. The highest BCUT2D eigenvalue weighted by atomic mass is 16.1. The molecule has 110 valence electrons. The minimum Gasteiger partial charge on any atom is -0.368 e. The van der Waals surface area contributed by atoms with Crippen LogP contribution >= 0.6 is 0 Å². The Balaban J connectivity index is 1.90. The van der Waals surface area contributed by atoms with Crippen LogP contribution in [0.4, 0.5) is 0 Å². The molecule has 1 aromatic rings. The third kappa shape index (κ3) is 4.05. The van der Waals surface area contributed by atoms with E-state index in [1.807, 2.05) is 19.9 Å². The van der Waals surface area contributed by atoms with Crippen LogP contribution < -0.4 is 11.1 Å². The van der Waals surface area contributed by atoms with Crippen molar-refractivity contribution in [2.45, 2.75) is 44.8 Å². The van der Waals surface area contributed by atoms with Gasteiger partial charge in [0.1, 0.15) is 0 Å². The molecule has 0 spiro atoms. The second-order valence-electron chi connectivity index (χ2n) is 6.19. The van der Waals surface area contributed by atoms with Crippen LogP contribution in [0.5, 0.6) is 0 Å². The molecular formula is C16H25N3O. The van der Waals surface area contributed by atoms with E-state index in [1.165, 1.54) is 5.56 Å². The van der Waals surface area contributed by atoms with Gasteiger partial charge in [-0.3, -0.25) is 15.0 Å². The van der Waals surface area contributed by atoms with Gasteiger partial charge in [-0.05, 0) is 38.8 Å². The second kappa shape index (κ2) is 6.37. The largest absolute Gasteiger partial charge is 0.368 e. The maximum Gasteiger partial charge on any atom is 0.237 e. The van der Waals surface area contributed by atoms with Crippen LogP contribution in [0.25, 0.3) is 0 Å². The zero-order valence-corrected chi connectivity index (χ0v) is 12.4. The molecule has 4 heteroatoms. The molecule has 1 saturated heterocycles. The Hall–Kier alpha value is -1.39. The number of nitrogens with zero attached hydrogens (tertiary/aromatic N) is 1. The molecule has 0 saturated carbocycles. The van der Waals surface area contributed by atoms with Crippen LogP contribution in [-0.2, 0) is 11.3 Å². The number of likely N-dealkylation sites (tertiary alicyclic amines) is 1. The molecule has 1 amide bonds. The van der Waals surface area contributed by atoms with Crippen LogP contribution in [0.1, 0.15) is 32.3 Å². The monoisotopic (exact) mass is 275 g/mol. The van der Waals surface area contributed by atoms with Gasteiger partial charge >= 0.3 is 0 Å². The molecule has 3 N–H and O–H groups in total. The quantitative estimate of drug-likeness (QED) is 0.856. The third-order valence-corrected chi connectivity index (χ3v) is 3.94. The van der Waals surface area contributed by atoms with Crippen molar-refractivity contribution in [3.63, 3.8) is 0 Å². The Morgan fingerprint density at radius 2 is 2.10 bits per heavy atom. The normalized spacial score (nSPS) is 20.8. The van der Waals surface area contributed by atoms with Gasteiger partial charge in [0.05, 0.1) is 5.54 Å². The summed E-state index contributed by atoms with van der Waals surface area (Å²) in [6, 6.07) is 10.8. The van der Waals surface area contributed by atoms with Crippen molar-refractivity contribution >= 4 is 5.91 Å². The average molecular weight is 275 g/mol. The van der Waals surface area contributed by atoms with Crippen molar-refractivity contribution in [2.75, 3.05) is 13.1 Å². The lowest BCUT2D eigenvalue weighted by atomic mass is 9.98. The molecule has 1 aromatic carbocycles. The van der Waals surface area contributed by atoms with Crippen LogP contribution in [0, 0.1) is 0 Å². The van der Waals surface area contributed by atoms with Gasteiger partial charge < -0.3 is 5.73 Å². The van der Waals surface area contributed by atoms with E-state index in [9.17, 15) is 4.79 Å². The third-order valence-electron chi connectivity index (χ3n) is 3.94. The summed E-state index contributed by atoms with van der Waals surface area (Å²) in [7, 11) is 0. The number of piperidine rings is 1. The summed E-state index contributed by atoms with van der Waals surface area (Å²) >= 11 is 0. The first kappa shape index (κ1) is 15.0. The fourth-order valence-corrected chi connectivity index (χ4v) is 2.74. The van der Waals surface area contributed by atoms with E-state index in [1.54, 1.807) is 0 Å². The van der Waals surface area contributed by atoms with E-state index < -0.39 is 5.54 Å². The Bertz CT molecular complexity index is 444. The number of nitrogens with one attached hydrogen (secondary N) is 1. The summed E-state index contributed by atoms with van der Waals surface area (Å²) in [4.78, 5) is 13.9. The fourth-order valence-electron chi connectivity index (χ4n) is 2.74. The minimum atomic E-state index is -0.638. The van der Waals surface area contributed by atoms with E-state index in [0.29, 0.717) is 6.04 Å². The number of carbonyl (C=O) groups excluding carboxylic acids is 1. The van der Waals surface area contributed by atoms with Gasteiger partial charge in [0.25, 0.3) is 0 Å². The maximum atomic E-state index is 11.4. The number of amides is 1. The highest BCUT2D eigenvalue weighted by Gasteiger charge is 2.30. The van der Waals surface area contributed by atoms with E-state index in [-0.39, 0.29) is 5.91 Å². The Morgan fingerprint density at radius 3 is 2.75 bits per heavy atom. The van der Waals surface area contributed by atoms with Gasteiger partial charge in [-0.1, -0.05) is 30.3 Å². The van der Waals surface area contributed by atoms with Crippen LogP contribution in [0.2, 0.25) is 0 Å². The first-order valence-corrected chi connectivity index (χ1v) is 7.31. The van der Waals surface area contributed by atoms with Crippen molar-refractivity contribution < 1.29 is 4.79 Å². The molecule has 1 atom stereocenters. The van der Waals surface area contributed by atoms with Crippen LogP contribution in [0.15, 0.2) is 30.3 Å². The molecule has 1 aliphatic heterocycles. The van der Waals surface area contributed by atoms with Crippen molar-refractivity contribution in [1.82, 2.24) is 10.2 Å². The van der Waals surface area contributed by atoms with Crippen LogP contribution in [-0.4, -0.2) is 35.5 Å². The molecule has 0 aromatic heterocycles. The minimum absolute atomic E-state index is 0.294. The zero-order chi connectivity index (χ0) is 14.6. The van der Waals surface area contributed by atoms with Crippen molar-refractivity contribution in [1.29, 1.82) is 0 Å². The van der Waals surface area contributed by atoms with Gasteiger partial charge in [0.2, 0.25) is 5.91 Å². The van der Waals surface area contributed by atoms with E-state index in [2.05, 4.69) is 34.5 Å². The Morgan fingerprint density at radius 1 is 1.40 bits per heavy atom. The van der Waals surface area contributed by atoms with Crippen molar-refractivity contribution in [2.24, 2.45) is 5.73 Å². The molecule has 2 rings (SSSR count). The highest BCUT2D eigenvalue weighted by molar-refractivity contribution is 5.83. The molecule has 0 radical (unpaired) electrons. The number of hydrogen-bond donors (Lipinski definition) is 2. The molecular weight excluding hydrogens is 250 g/mol. The number of carbonyl (C=O) groups is 1. The molecule has 1 fully saturated rings. The van der Waals surface area contributed by atoms with Gasteiger partial charge in [0.15, 0.2) is 0 Å². The number of benzene rings is 1. The number of hydrogen-bond acceptors (Lipinski definition) is 3. The Kier molecular flexibility index (Phi) is 4.78. The van der Waals surface area contributed by atoms with Gasteiger partial charge in [-0.25, -0.2) is 0 Å². The number of primary amides is 1. The number of rotatable bonds is 5. The molecule has 1 aliphatic rings. The van der Waals surface area contributed by atoms with E-state index in [4.69, 9.17) is 5.73 Å². The molecule has 0 bridgehead atoms. The molecule has 1 heterocycles. The average Bonchev–Trinajstić information content (AvgIpc) is 2.39.